The number of carbonyl (C=O) groups is 2. The van der Waals surface area contributed by atoms with Crippen LogP contribution in [0.2, 0.25) is 0 Å². The van der Waals surface area contributed by atoms with Crippen LogP contribution >= 0.6 is 0 Å². The predicted octanol–water partition coefficient (Wildman–Crippen LogP) is 2.47. The van der Waals surface area contributed by atoms with Crippen LogP contribution in [0.4, 0.5) is 13.2 Å². The lowest BCUT2D eigenvalue weighted by molar-refractivity contribution is -0.144. The van der Waals surface area contributed by atoms with E-state index in [4.69, 9.17) is 0 Å². The molecule has 9 heteroatoms. The van der Waals surface area contributed by atoms with Crippen LogP contribution in [0.5, 0.6) is 0 Å². The number of aliphatic carboxylic acids is 1. The average Bonchev–Trinajstić information content (AvgIpc) is 2.89. The van der Waals surface area contributed by atoms with Gasteiger partial charge in [-0.2, -0.15) is 18.3 Å². The summed E-state index contributed by atoms with van der Waals surface area (Å²) in [6.07, 6.45) is -4.69. The second-order valence-electron chi connectivity index (χ2n) is 5.32. The number of carbonyl (C=O) groups excluding carboxylic acids is 1. The van der Waals surface area contributed by atoms with Crippen molar-refractivity contribution in [3.05, 3.63) is 52.8 Å². The Morgan fingerprint density at radius 1 is 1.21 bits per heavy atom. The molecule has 1 atom stereocenters. The Balaban J connectivity index is 2.37. The molecule has 0 fully saturated rings. The van der Waals surface area contributed by atoms with Crippen molar-refractivity contribution in [2.75, 3.05) is 0 Å². The summed E-state index contributed by atoms with van der Waals surface area (Å²) in [6.45, 7) is 2.33. The van der Waals surface area contributed by atoms with E-state index in [1.165, 1.54) is 19.1 Å². The number of aromatic amines is 1. The molecule has 1 aromatic heterocycles. The predicted molar refractivity (Wildman–Crippen MR) is 77.2 cm³/mol. The summed E-state index contributed by atoms with van der Waals surface area (Å²) in [6, 6.07) is 7.83. The Kier molecular flexibility index (Phi) is 4.37. The van der Waals surface area contributed by atoms with Gasteiger partial charge in [0.05, 0.1) is 0 Å². The van der Waals surface area contributed by atoms with Crippen molar-refractivity contribution in [1.82, 2.24) is 15.5 Å². The Bertz CT molecular complexity index is 771. The van der Waals surface area contributed by atoms with E-state index in [-0.39, 0.29) is 5.56 Å². The third-order valence-corrected chi connectivity index (χ3v) is 3.65. The van der Waals surface area contributed by atoms with Gasteiger partial charge in [-0.3, -0.25) is 9.89 Å². The van der Waals surface area contributed by atoms with Crippen molar-refractivity contribution in [3.63, 3.8) is 0 Å². The van der Waals surface area contributed by atoms with Crippen LogP contribution < -0.4 is 5.32 Å². The number of halogens is 3. The first-order valence-corrected chi connectivity index (χ1v) is 6.81. The number of benzene rings is 1. The molecule has 1 heterocycles. The van der Waals surface area contributed by atoms with Gasteiger partial charge in [0.25, 0.3) is 5.91 Å². The second kappa shape index (κ2) is 5.99. The van der Waals surface area contributed by atoms with Gasteiger partial charge in [-0.25, -0.2) is 4.79 Å². The number of carboxylic acids is 1. The number of H-pyrrole nitrogens is 1. The van der Waals surface area contributed by atoms with E-state index in [1.54, 1.807) is 23.3 Å². The number of aromatic nitrogens is 2. The van der Waals surface area contributed by atoms with Crippen LogP contribution in [0.1, 0.15) is 34.2 Å². The summed E-state index contributed by atoms with van der Waals surface area (Å²) in [7, 11) is 0. The third-order valence-electron chi connectivity index (χ3n) is 3.65. The van der Waals surface area contributed by atoms with Crippen molar-refractivity contribution in [2.24, 2.45) is 0 Å². The lowest BCUT2D eigenvalue weighted by Crippen LogP contribution is -2.49. The molecule has 2 aromatic rings. The monoisotopic (exact) mass is 341 g/mol. The van der Waals surface area contributed by atoms with Crippen molar-refractivity contribution in [2.45, 2.75) is 25.6 Å². The van der Waals surface area contributed by atoms with Crippen molar-refractivity contribution in [3.8, 4) is 0 Å². The number of nitrogens with one attached hydrogen (secondary N) is 2. The molecule has 0 saturated carbocycles. The zero-order chi connectivity index (χ0) is 18.1. The first-order chi connectivity index (χ1) is 11.1. The molecule has 1 unspecified atom stereocenters. The normalized spacial score (nSPS) is 14.0. The Morgan fingerprint density at radius 2 is 1.79 bits per heavy atom. The highest BCUT2D eigenvalue weighted by Gasteiger charge is 2.40. The summed E-state index contributed by atoms with van der Waals surface area (Å²) in [4.78, 5) is 23.9. The lowest BCUT2D eigenvalue weighted by Gasteiger charge is -2.26. The van der Waals surface area contributed by atoms with Crippen LogP contribution in [-0.4, -0.2) is 27.2 Å². The van der Waals surface area contributed by atoms with Crippen LogP contribution in [0, 0.1) is 6.92 Å². The highest BCUT2D eigenvalue weighted by atomic mass is 19.4. The molecule has 0 saturated heterocycles. The van der Waals surface area contributed by atoms with E-state index in [2.05, 4.69) is 10.4 Å². The van der Waals surface area contributed by atoms with Crippen molar-refractivity contribution < 1.29 is 27.9 Å². The summed E-state index contributed by atoms with van der Waals surface area (Å²) in [5, 5.41) is 16.8. The number of hydrogen-bond acceptors (Lipinski definition) is 3. The molecule has 0 aliphatic heterocycles. The van der Waals surface area contributed by atoms with Crippen molar-refractivity contribution >= 4 is 11.9 Å². The number of nitrogens with zero attached hydrogens (tertiary/aromatic N) is 1. The number of carboxylic acid groups (broad SMARTS) is 1. The molecule has 2 rings (SSSR count). The van der Waals surface area contributed by atoms with E-state index in [9.17, 15) is 27.9 Å². The summed E-state index contributed by atoms with van der Waals surface area (Å²) in [5.41, 5.74) is -3.60. The van der Waals surface area contributed by atoms with Gasteiger partial charge in [0.2, 0.25) is 0 Å². The van der Waals surface area contributed by atoms with Gasteiger partial charge < -0.3 is 10.4 Å². The second-order valence-corrected chi connectivity index (χ2v) is 5.32. The molecule has 128 valence electrons. The molecule has 1 aromatic carbocycles. The molecule has 6 nitrogen and oxygen atoms in total. The van der Waals surface area contributed by atoms with Gasteiger partial charge in [0.1, 0.15) is 5.69 Å². The molecular formula is C15H14F3N3O3. The number of amides is 1. The molecule has 0 radical (unpaired) electrons. The van der Waals surface area contributed by atoms with E-state index >= 15 is 0 Å². The number of hydrogen-bond donors (Lipinski definition) is 3. The lowest BCUT2D eigenvalue weighted by atomic mass is 9.92. The maximum atomic E-state index is 12.8. The van der Waals surface area contributed by atoms with E-state index in [1.807, 2.05) is 0 Å². The number of rotatable bonds is 4. The minimum atomic E-state index is -4.69. The van der Waals surface area contributed by atoms with Crippen LogP contribution in [-0.2, 0) is 16.5 Å². The number of alkyl halides is 3. The molecule has 24 heavy (non-hydrogen) atoms. The minimum Gasteiger partial charge on any atom is -0.479 e. The van der Waals surface area contributed by atoms with Gasteiger partial charge in [0.15, 0.2) is 11.2 Å². The fraction of sp³-hybridized carbons (Fsp3) is 0.267. The Hall–Kier alpha value is -2.84. The van der Waals surface area contributed by atoms with E-state index in [0.29, 0.717) is 0 Å². The molecule has 0 aliphatic rings. The first kappa shape index (κ1) is 17.5. The summed E-state index contributed by atoms with van der Waals surface area (Å²) < 4.78 is 38.3. The minimum absolute atomic E-state index is 0.273. The highest BCUT2D eigenvalue weighted by molar-refractivity contribution is 5.97. The smallest absolute Gasteiger partial charge is 0.433 e. The quantitative estimate of drug-likeness (QED) is 0.796. The maximum absolute atomic E-state index is 12.8. The fourth-order valence-electron chi connectivity index (χ4n) is 2.20. The largest absolute Gasteiger partial charge is 0.479 e. The van der Waals surface area contributed by atoms with Crippen LogP contribution in [0.25, 0.3) is 0 Å². The summed E-state index contributed by atoms with van der Waals surface area (Å²) >= 11 is 0. The van der Waals surface area contributed by atoms with E-state index in [0.717, 1.165) is 6.92 Å². The average molecular weight is 341 g/mol. The first-order valence-electron chi connectivity index (χ1n) is 6.81. The molecule has 1 amide bonds. The van der Waals surface area contributed by atoms with E-state index < -0.39 is 40.5 Å². The fourth-order valence-corrected chi connectivity index (χ4v) is 2.20. The van der Waals surface area contributed by atoms with Crippen LogP contribution in [0.15, 0.2) is 30.3 Å². The summed E-state index contributed by atoms with van der Waals surface area (Å²) in [5.74, 6) is -2.38. The molecule has 0 bridgehead atoms. The SMILES string of the molecule is Cc1c(C(=O)NC(C)(C(=O)O)c2ccccc2)n[nH]c1C(F)(F)F. The highest BCUT2D eigenvalue weighted by Crippen LogP contribution is 2.31. The molecule has 3 N–H and O–H groups in total. The molecule has 0 aliphatic carbocycles. The van der Waals surface area contributed by atoms with Gasteiger partial charge in [-0.15, -0.1) is 0 Å². The van der Waals surface area contributed by atoms with Gasteiger partial charge in [-0.05, 0) is 19.4 Å². The zero-order valence-electron chi connectivity index (χ0n) is 12.7. The Morgan fingerprint density at radius 3 is 2.25 bits per heavy atom. The van der Waals surface area contributed by atoms with Gasteiger partial charge in [-0.1, -0.05) is 30.3 Å². The zero-order valence-corrected chi connectivity index (χ0v) is 12.7. The van der Waals surface area contributed by atoms with Gasteiger partial charge in [0, 0.05) is 5.56 Å². The topological polar surface area (TPSA) is 95.1 Å². The molecule has 0 spiro atoms. The van der Waals surface area contributed by atoms with Crippen molar-refractivity contribution in [1.29, 1.82) is 0 Å². The van der Waals surface area contributed by atoms with Gasteiger partial charge >= 0.3 is 12.1 Å². The standard InChI is InChI=1S/C15H14F3N3O3/c1-8-10(20-21-11(8)15(16,17)18)12(22)19-14(2,13(23)24)9-6-4-3-5-7-9/h3-7H,1-2H3,(H,19,22)(H,20,21)(H,23,24). The third kappa shape index (κ3) is 3.10. The van der Waals surface area contributed by atoms with Crippen LogP contribution in [0.3, 0.4) is 0 Å². The molecular weight excluding hydrogens is 327 g/mol. The Labute approximate surface area is 134 Å². The maximum Gasteiger partial charge on any atom is 0.433 e.